The van der Waals surface area contributed by atoms with Crippen LogP contribution in [0.15, 0.2) is 53.4 Å². The van der Waals surface area contributed by atoms with E-state index in [9.17, 15) is 13.2 Å². The maximum absolute atomic E-state index is 12.2. The van der Waals surface area contributed by atoms with Crippen molar-refractivity contribution in [2.45, 2.75) is 24.7 Å². The van der Waals surface area contributed by atoms with Crippen molar-refractivity contribution in [2.24, 2.45) is 11.1 Å². The molecule has 0 aromatic heterocycles. The van der Waals surface area contributed by atoms with Crippen LogP contribution in [0.25, 0.3) is 0 Å². The average Bonchev–Trinajstić information content (AvgIpc) is 2.56. The van der Waals surface area contributed by atoms with Gasteiger partial charge in [0, 0.05) is 17.5 Å². The van der Waals surface area contributed by atoms with E-state index in [2.05, 4.69) is 5.32 Å². The van der Waals surface area contributed by atoms with Crippen LogP contribution in [0, 0.1) is 5.92 Å². The molecule has 25 heavy (non-hydrogen) atoms. The number of sulfonamides is 1. The van der Waals surface area contributed by atoms with E-state index in [0.29, 0.717) is 24.4 Å². The summed E-state index contributed by atoms with van der Waals surface area (Å²) in [6.07, 6.45) is 1.26. The van der Waals surface area contributed by atoms with Crippen molar-refractivity contribution in [3.8, 4) is 0 Å². The fraction of sp³-hybridized carbons (Fsp3) is 0.278. The van der Waals surface area contributed by atoms with Gasteiger partial charge in [0.25, 0.3) is 0 Å². The lowest BCUT2D eigenvalue weighted by Crippen LogP contribution is -2.31. The zero-order valence-electron chi connectivity index (χ0n) is 13.9. The number of nitrogens with one attached hydrogen (secondary N) is 1. The summed E-state index contributed by atoms with van der Waals surface area (Å²) < 4.78 is 22.4. The molecule has 7 heteroatoms. The Bertz CT molecular complexity index is 818. The fourth-order valence-corrected chi connectivity index (χ4v) is 3.06. The first kappa shape index (κ1) is 19.4. The molecule has 3 N–H and O–H groups in total. The molecule has 0 aliphatic carbocycles. The smallest absolute Gasteiger partial charge is 0.238 e. The molecule has 2 rings (SSSR count). The lowest BCUT2D eigenvalue weighted by atomic mass is 10.0. The molecule has 0 aliphatic heterocycles. The normalized spacial score (nSPS) is 12.6. The Balaban J connectivity index is 1.80. The summed E-state index contributed by atoms with van der Waals surface area (Å²) >= 11 is 5.85. The summed E-state index contributed by atoms with van der Waals surface area (Å²) in [5, 5.41) is 8.63. The minimum Gasteiger partial charge on any atom is -0.356 e. The Labute approximate surface area is 153 Å². The quantitative estimate of drug-likeness (QED) is 0.773. The van der Waals surface area contributed by atoms with E-state index in [-0.39, 0.29) is 16.7 Å². The molecule has 0 fully saturated rings. The molecule has 1 unspecified atom stereocenters. The summed E-state index contributed by atoms with van der Waals surface area (Å²) in [7, 11) is -3.68. The Morgan fingerprint density at radius 2 is 1.64 bits per heavy atom. The van der Waals surface area contributed by atoms with Gasteiger partial charge in [-0.05, 0) is 48.2 Å². The van der Waals surface area contributed by atoms with Crippen LogP contribution in [0.4, 0.5) is 0 Å². The summed E-state index contributed by atoms with van der Waals surface area (Å²) in [5.41, 5.74) is 1.99. The number of halogens is 1. The third-order valence-electron chi connectivity index (χ3n) is 3.87. The van der Waals surface area contributed by atoms with Crippen LogP contribution in [0.2, 0.25) is 5.02 Å². The zero-order chi connectivity index (χ0) is 18.4. The van der Waals surface area contributed by atoms with Crippen LogP contribution in [0.5, 0.6) is 0 Å². The SMILES string of the molecule is CC(Cc1ccc(Cl)cc1)C(=O)NCCc1ccc(S(N)(=O)=O)cc1. The van der Waals surface area contributed by atoms with Gasteiger partial charge in [0.15, 0.2) is 0 Å². The van der Waals surface area contributed by atoms with Gasteiger partial charge in [0.05, 0.1) is 4.90 Å². The molecule has 0 radical (unpaired) electrons. The van der Waals surface area contributed by atoms with Crippen molar-refractivity contribution < 1.29 is 13.2 Å². The lowest BCUT2D eigenvalue weighted by Gasteiger charge is -2.12. The van der Waals surface area contributed by atoms with Crippen LogP contribution in [-0.4, -0.2) is 20.9 Å². The monoisotopic (exact) mass is 380 g/mol. The van der Waals surface area contributed by atoms with Crippen molar-refractivity contribution >= 4 is 27.5 Å². The molecule has 0 bridgehead atoms. The topological polar surface area (TPSA) is 89.3 Å². The van der Waals surface area contributed by atoms with Crippen LogP contribution in [-0.2, 0) is 27.7 Å². The van der Waals surface area contributed by atoms with Crippen LogP contribution in [0.3, 0.4) is 0 Å². The zero-order valence-corrected chi connectivity index (χ0v) is 15.5. The Kier molecular flexibility index (Phi) is 6.58. The largest absolute Gasteiger partial charge is 0.356 e. The molecule has 134 valence electrons. The minimum absolute atomic E-state index is 0.0175. The first-order valence-corrected chi connectivity index (χ1v) is 9.82. The molecular weight excluding hydrogens is 360 g/mol. The Morgan fingerprint density at radius 1 is 1.08 bits per heavy atom. The highest BCUT2D eigenvalue weighted by atomic mass is 35.5. The molecule has 0 heterocycles. The van der Waals surface area contributed by atoms with E-state index in [0.717, 1.165) is 11.1 Å². The van der Waals surface area contributed by atoms with Gasteiger partial charge in [0.2, 0.25) is 15.9 Å². The number of nitrogens with two attached hydrogens (primary N) is 1. The van der Waals surface area contributed by atoms with Crippen molar-refractivity contribution in [3.05, 3.63) is 64.7 Å². The van der Waals surface area contributed by atoms with E-state index >= 15 is 0 Å². The van der Waals surface area contributed by atoms with Gasteiger partial charge in [-0.3, -0.25) is 4.79 Å². The van der Waals surface area contributed by atoms with Gasteiger partial charge in [-0.2, -0.15) is 0 Å². The third-order valence-corrected chi connectivity index (χ3v) is 5.05. The van der Waals surface area contributed by atoms with E-state index in [4.69, 9.17) is 16.7 Å². The standard InChI is InChI=1S/C18H21ClN2O3S/c1-13(12-15-2-6-16(19)7-3-15)18(22)21-11-10-14-4-8-17(9-5-14)25(20,23)24/h2-9,13H,10-12H2,1H3,(H,21,22)(H2,20,23,24). The molecule has 0 aliphatic rings. The van der Waals surface area contributed by atoms with E-state index in [1.165, 1.54) is 12.1 Å². The highest BCUT2D eigenvalue weighted by molar-refractivity contribution is 7.89. The van der Waals surface area contributed by atoms with Crippen molar-refractivity contribution in [2.75, 3.05) is 6.54 Å². The maximum atomic E-state index is 12.2. The van der Waals surface area contributed by atoms with Gasteiger partial charge in [-0.15, -0.1) is 0 Å². The van der Waals surface area contributed by atoms with E-state index in [1.807, 2.05) is 31.2 Å². The molecule has 2 aromatic carbocycles. The summed E-state index contributed by atoms with van der Waals surface area (Å²) in [5.74, 6) is -0.165. The predicted molar refractivity (Wildman–Crippen MR) is 98.8 cm³/mol. The van der Waals surface area contributed by atoms with Gasteiger partial charge in [0.1, 0.15) is 0 Å². The van der Waals surface area contributed by atoms with Crippen molar-refractivity contribution in [1.82, 2.24) is 5.32 Å². The van der Waals surface area contributed by atoms with Gasteiger partial charge < -0.3 is 5.32 Å². The number of carbonyl (C=O) groups is 1. The van der Waals surface area contributed by atoms with Gasteiger partial charge >= 0.3 is 0 Å². The van der Waals surface area contributed by atoms with Gasteiger partial charge in [-0.1, -0.05) is 42.8 Å². The highest BCUT2D eigenvalue weighted by Gasteiger charge is 2.13. The van der Waals surface area contributed by atoms with Crippen LogP contribution in [0.1, 0.15) is 18.1 Å². The number of amides is 1. The number of benzene rings is 2. The number of rotatable bonds is 7. The molecule has 5 nitrogen and oxygen atoms in total. The van der Waals surface area contributed by atoms with E-state index in [1.54, 1.807) is 12.1 Å². The summed E-state index contributed by atoms with van der Waals surface area (Å²) in [4.78, 5) is 12.2. The average molecular weight is 381 g/mol. The molecule has 2 aromatic rings. The van der Waals surface area contributed by atoms with Crippen LogP contribution < -0.4 is 10.5 Å². The molecule has 0 saturated carbocycles. The molecule has 1 atom stereocenters. The highest BCUT2D eigenvalue weighted by Crippen LogP contribution is 2.13. The lowest BCUT2D eigenvalue weighted by molar-refractivity contribution is -0.124. The maximum Gasteiger partial charge on any atom is 0.238 e. The summed E-state index contributed by atoms with van der Waals surface area (Å²) in [6.45, 7) is 2.36. The van der Waals surface area contributed by atoms with Crippen molar-refractivity contribution in [3.63, 3.8) is 0 Å². The number of primary sulfonamides is 1. The number of carbonyl (C=O) groups excluding carboxylic acids is 1. The first-order chi connectivity index (χ1) is 11.8. The van der Waals surface area contributed by atoms with E-state index < -0.39 is 10.0 Å². The summed E-state index contributed by atoms with van der Waals surface area (Å²) in [6, 6.07) is 13.8. The minimum atomic E-state index is -3.68. The molecule has 0 saturated heterocycles. The Morgan fingerprint density at radius 3 is 2.20 bits per heavy atom. The molecular formula is C18H21ClN2O3S. The molecule has 1 amide bonds. The fourth-order valence-electron chi connectivity index (χ4n) is 2.42. The number of hydrogen-bond acceptors (Lipinski definition) is 3. The third kappa shape index (κ3) is 6.16. The van der Waals surface area contributed by atoms with Crippen molar-refractivity contribution in [1.29, 1.82) is 0 Å². The second kappa shape index (κ2) is 8.47. The number of hydrogen-bond donors (Lipinski definition) is 2. The Hall–Kier alpha value is -1.89. The second-order valence-corrected chi connectivity index (χ2v) is 7.96. The molecule has 0 spiro atoms. The van der Waals surface area contributed by atoms with Crippen LogP contribution >= 0.6 is 11.6 Å². The second-order valence-electron chi connectivity index (χ2n) is 5.96. The first-order valence-electron chi connectivity index (χ1n) is 7.89. The van der Waals surface area contributed by atoms with Gasteiger partial charge in [-0.25, -0.2) is 13.6 Å². The predicted octanol–water partition coefficient (Wildman–Crippen LogP) is 2.52.